The molecule has 0 atom stereocenters. The predicted molar refractivity (Wildman–Crippen MR) is 84.6 cm³/mol. The summed E-state index contributed by atoms with van der Waals surface area (Å²) < 4.78 is 4.93. The van der Waals surface area contributed by atoms with Gasteiger partial charge in [0.2, 0.25) is 0 Å². The predicted octanol–water partition coefficient (Wildman–Crippen LogP) is 1.85. The summed E-state index contributed by atoms with van der Waals surface area (Å²) in [6.45, 7) is 1.90. The van der Waals surface area contributed by atoms with Crippen LogP contribution < -0.4 is 10.6 Å². The van der Waals surface area contributed by atoms with Crippen molar-refractivity contribution in [3.8, 4) is 0 Å². The third kappa shape index (κ3) is 5.14. The van der Waals surface area contributed by atoms with Gasteiger partial charge in [-0.3, -0.25) is 9.78 Å². The van der Waals surface area contributed by atoms with Crippen LogP contribution in [-0.4, -0.2) is 36.1 Å². The van der Waals surface area contributed by atoms with E-state index in [-0.39, 0.29) is 5.91 Å². The third-order valence-corrected chi connectivity index (χ3v) is 3.05. The lowest BCUT2D eigenvalue weighted by Crippen LogP contribution is -2.26. The molecule has 6 heteroatoms. The fourth-order valence-corrected chi connectivity index (χ4v) is 1.85. The molecule has 0 unspecified atom stereocenters. The largest absolute Gasteiger partial charge is 0.385 e. The lowest BCUT2D eigenvalue weighted by molar-refractivity contribution is 0.0943. The van der Waals surface area contributed by atoms with E-state index in [2.05, 4.69) is 20.6 Å². The second kappa shape index (κ2) is 8.74. The van der Waals surface area contributed by atoms with Crippen molar-refractivity contribution in [1.82, 2.24) is 15.3 Å². The number of methoxy groups -OCH3 is 1. The number of hydrogen-bond acceptors (Lipinski definition) is 5. The Bertz CT molecular complexity index is 572. The van der Waals surface area contributed by atoms with Crippen molar-refractivity contribution < 1.29 is 9.53 Å². The minimum absolute atomic E-state index is 0.170. The second-order valence-corrected chi connectivity index (χ2v) is 4.74. The van der Waals surface area contributed by atoms with Crippen LogP contribution >= 0.6 is 0 Å². The number of nitrogens with one attached hydrogen (secondary N) is 2. The van der Waals surface area contributed by atoms with E-state index in [0.717, 1.165) is 17.7 Å². The molecule has 2 heterocycles. The molecule has 0 saturated heterocycles. The molecule has 0 aliphatic carbocycles. The topological polar surface area (TPSA) is 76.1 Å². The molecule has 0 aromatic carbocycles. The van der Waals surface area contributed by atoms with Crippen LogP contribution in [-0.2, 0) is 11.3 Å². The molecule has 0 radical (unpaired) electrons. The molecule has 0 bridgehead atoms. The summed E-state index contributed by atoms with van der Waals surface area (Å²) in [6.07, 6.45) is 5.96. The maximum absolute atomic E-state index is 11.9. The van der Waals surface area contributed by atoms with Crippen LogP contribution in [0.4, 0.5) is 5.69 Å². The van der Waals surface area contributed by atoms with E-state index in [1.165, 1.54) is 0 Å². The fraction of sp³-hybridized carbons (Fsp3) is 0.312. The van der Waals surface area contributed by atoms with Crippen LogP contribution in [0.25, 0.3) is 0 Å². The van der Waals surface area contributed by atoms with Gasteiger partial charge in [-0.25, -0.2) is 4.98 Å². The Kier molecular flexibility index (Phi) is 6.32. The zero-order chi connectivity index (χ0) is 15.6. The summed E-state index contributed by atoms with van der Waals surface area (Å²) >= 11 is 0. The van der Waals surface area contributed by atoms with Gasteiger partial charge >= 0.3 is 0 Å². The number of anilines is 1. The maximum Gasteiger partial charge on any atom is 0.269 e. The van der Waals surface area contributed by atoms with Gasteiger partial charge in [-0.05, 0) is 36.2 Å². The lowest BCUT2D eigenvalue weighted by Gasteiger charge is -2.07. The lowest BCUT2D eigenvalue weighted by atomic mass is 10.2. The van der Waals surface area contributed by atoms with E-state index < -0.39 is 0 Å². The molecule has 1 amide bonds. The van der Waals surface area contributed by atoms with Crippen molar-refractivity contribution in [2.45, 2.75) is 13.0 Å². The van der Waals surface area contributed by atoms with Gasteiger partial charge in [0.25, 0.3) is 5.91 Å². The van der Waals surface area contributed by atoms with Gasteiger partial charge in [-0.2, -0.15) is 0 Å². The number of rotatable bonds is 8. The van der Waals surface area contributed by atoms with Gasteiger partial charge in [-0.15, -0.1) is 0 Å². The van der Waals surface area contributed by atoms with Crippen LogP contribution in [0.15, 0.2) is 42.9 Å². The zero-order valence-electron chi connectivity index (χ0n) is 12.6. The Morgan fingerprint density at radius 3 is 2.73 bits per heavy atom. The van der Waals surface area contributed by atoms with Crippen molar-refractivity contribution in [3.63, 3.8) is 0 Å². The maximum atomic E-state index is 11.9. The molecule has 116 valence electrons. The summed E-state index contributed by atoms with van der Waals surface area (Å²) in [7, 11) is 1.64. The van der Waals surface area contributed by atoms with Crippen molar-refractivity contribution in [2.24, 2.45) is 0 Å². The molecule has 2 aromatic heterocycles. The molecule has 22 heavy (non-hydrogen) atoms. The first-order valence-electron chi connectivity index (χ1n) is 7.15. The van der Waals surface area contributed by atoms with Gasteiger partial charge in [0, 0.05) is 39.2 Å². The minimum Gasteiger partial charge on any atom is -0.385 e. The molecule has 0 fully saturated rings. The summed E-state index contributed by atoms with van der Waals surface area (Å²) in [5, 5.41) is 6.05. The summed E-state index contributed by atoms with van der Waals surface area (Å²) in [5.41, 5.74) is 2.41. The van der Waals surface area contributed by atoms with E-state index >= 15 is 0 Å². The molecule has 0 aliphatic heterocycles. The summed E-state index contributed by atoms with van der Waals surface area (Å²) in [6, 6.07) is 7.45. The highest BCUT2D eigenvalue weighted by Crippen LogP contribution is 2.08. The second-order valence-electron chi connectivity index (χ2n) is 4.74. The fourth-order valence-electron chi connectivity index (χ4n) is 1.85. The highest BCUT2D eigenvalue weighted by atomic mass is 16.5. The van der Waals surface area contributed by atoms with Gasteiger partial charge < -0.3 is 15.4 Å². The van der Waals surface area contributed by atoms with Crippen LogP contribution in [0.2, 0.25) is 0 Å². The van der Waals surface area contributed by atoms with Crippen molar-refractivity contribution in [3.05, 3.63) is 54.1 Å². The third-order valence-electron chi connectivity index (χ3n) is 3.05. The van der Waals surface area contributed by atoms with E-state index in [4.69, 9.17) is 4.74 Å². The molecule has 6 nitrogen and oxygen atoms in total. The zero-order valence-corrected chi connectivity index (χ0v) is 12.6. The van der Waals surface area contributed by atoms with Gasteiger partial charge in [0.05, 0.1) is 11.9 Å². The number of aromatic nitrogens is 2. The molecule has 2 aromatic rings. The normalized spacial score (nSPS) is 10.2. The first-order chi connectivity index (χ1) is 10.8. The Hall–Kier alpha value is -2.47. The van der Waals surface area contributed by atoms with Crippen LogP contribution in [0.5, 0.6) is 0 Å². The van der Waals surface area contributed by atoms with E-state index in [9.17, 15) is 4.79 Å². The minimum atomic E-state index is -0.170. The van der Waals surface area contributed by atoms with Crippen LogP contribution in [0.1, 0.15) is 22.5 Å². The van der Waals surface area contributed by atoms with Gasteiger partial charge in [-0.1, -0.05) is 0 Å². The average Bonchev–Trinajstić information content (AvgIpc) is 2.58. The molecule has 2 N–H and O–H groups in total. The summed E-state index contributed by atoms with van der Waals surface area (Å²) in [4.78, 5) is 20.0. The smallest absolute Gasteiger partial charge is 0.269 e. The Morgan fingerprint density at radius 2 is 2.05 bits per heavy atom. The summed E-state index contributed by atoms with van der Waals surface area (Å²) in [5.74, 6) is -0.170. The van der Waals surface area contributed by atoms with E-state index in [1.807, 2.05) is 18.2 Å². The average molecular weight is 300 g/mol. The van der Waals surface area contributed by atoms with Crippen LogP contribution in [0, 0.1) is 0 Å². The van der Waals surface area contributed by atoms with Crippen molar-refractivity contribution >= 4 is 11.6 Å². The monoisotopic (exact) mass is 300 g/mol. The molecular formula is C16H20N4O2. The number of nitrogens with zero attached hydrogens (tertiary/aromatic N) is 2. The molecule has 0 spiro atoms. The molecule has 0 aliphatic rings. The number of carbonyl (C=O) groups is 1. The van der Waals surface area contributed by atoms with Crippen molar-refractivity contribution in [1.29, 1.82) is 0 Å². The highest BCUT2D eigenvalue weighted by Gasteiger charge is 2.06. The molecular weight excluding hydrogens is 280 g/mol. The van der Waals surface area contributed by atoms with E-state index in [0.29, 0.717) is 25.4 Å². The Labute approximate surface area is 129 Å². The van der Waals surface area contributed by atoms with Gasteiger partial charge in [0.1, 0.15) is 5.69 Å². The Morgan fingerprint density at radius 1 is 1.23 bits per heavy atom. The number of pyridine rings is 2. The molecule has 0 saturated carbocycles. The standard InChI is InChI=1S/C16H20N4O2/c1-22-10-2-7-18-16(21)15-4-3-14(12-20-15)19-11-13-5-8-17-9-6-13/h3-6,8-9,12,19H,2,7,10-11H2,1H3,(H,18,21). The van der Waals surface area contributed by atoms with Gasteiger partial charge in [0.15, 0.2) is 0 Å². The Balaban J connectivity index is 1.81. The van der Waals surface area contributed by atoms with Crippen molar-refractivity contribution in [2.75, 3.05) is 25.6 Å². The van der Waals surface area contributed by atoms with Crippen LogP contribution in [0.3, 0.4) is 0 Å². The first-order valence-corrected chi connectivity index (χ1v) is 7.15. The van der Waals surface area contributed by atoms with E-state index in [1.54, 1.807) is 31.8 Å². The number of hydrogen-bond donors (Lipinski definition) is 2. The number of ether oxygens (including phenoxy) is 1. The highest BCUT2D eigenvalue weighted by molar-refractivity contribution is 5.92. The number of amides is 1. The quantitative estimate of drug-likeness (QED) is 0.728. The SMILES string of the molecule is COCCCNC(=O)c1ccc(NCc2ccncc2)cn1. The first kappa shape index (κ1) is 15.9. The molecule has 2 rings (SSSR count). The number of carbonyl (C=O) groups excluding carboxylic acids is 1.